The average Bonchev–Trinajstić information content (AvgIpc) is 2.55. The summed E-state index contributed by atoms with van der Waals surface area (Å²) in [7, 11) is 0. The highest BCUT2D eigenvalue weighted by Gasteiger charge is 2.12. The van der Waals surface area contributed by atoms with Gasteiger partial charge in [-0.25, -0.2) is 0 Å². The third-order valence-corrected chi connectivity index (χ3v) is 3.66. The summed E-state index contributed by atoms with van der Waals surface area (Å²) < 4.78 is 0. The molecule has 0 aliphatic heterocycles. The van der Waals surface area contributed by atoms with Crippen LogP contribution in [0.15, 0.2) is 42.7 Å². The number of hydrogen-bond donors (Lipinski definition) is 2. The highest BCUT2D eigenvalue weighted by atomic mass is 35.5. The van der Waals surface area contributed by atoms with Crippen molar-refractivity contribution in [2.24, 2.45) is 0 Å². The quantitative estimate of drug-likeness (QED) is 0.812. The van der Waals surface area contributed by atoms with Gasteiger partial charge in [-0.3, -0.25) is 14.6 Å². The Morgan fingerprint density at radius 3 is 2.57 bits per heavy atom. The molecule has 1 aromatic carbocycles. The maximum Gasteiger partial charge on any atom is 0.309 e. The van der Waals surface area contributed by atoms with Gasteiger partial charge in [0.15, 0.2) is 0 Å². The topological polar surface area (TPSA) is 71.1 Å². The van der Waals surface area contributed by atoms with E-state index in [0.717, 1.165) is 11.1 Å². The highest BCUT2D eigenvalue weighted by Crippen LogP contribution is 2.20. The number of rotatable bonds is 5. The number of nitrogens with zero attached hydrogens (tertiary/aromatic N) is 1. The number of benzene rings is 1. The molecular weight excluding hydrogens is 337 g/mol. The lowest BCUT2D eigenvalue weighted by molar-refractivity contribution is -0.139. The minimum atomic E-state index is -0.684. The molecular formula is C16H15Cl2N3O2. The van der Waals surface area contributed by atoms with E-state index < -0.39 is 11.8 Å². The van der Waals surface area contributed by atoms with Crippen molar-refractivity contribution in [3.05, 3.63) is 63.9 Å². The van der Waals surface area contributed by atoms with Gasteiger partial charge in [-0.15, -0.1) is 0 Å². The number of carbonyl (C=O) groups is 2. The van der Waals surface area contributed by atoms with Crippen LogP contribution in [0.4, 0.5) is 0 Å². The van der Waals surface area contributed by atoms with Gasteiger partial charge in [-0.2, -0.15) is 0 Å². The predicted octanol–water partition coefficient (Wildman–Crippen LogP) is 2.36. The van der Waals surface area contributed by atoms with Crippen LogP contribution in [0.5, 0.6) is 0 Å². The standard InChI is InChI=1S/C16H15Cl2N3O2/c17-13-4-3-12(14(18)8-13)5-7-20-15(22)16(23)21-10-11-2-1-6-19-9-11/h1-4,6,8-9H,5,7,10H2,(H,20,22)(H,21,23). The summed E-state index contributed by atoms with van der Waals surface area (Å²) in [5.41, 5.74) is 1.67. The third kappa shape index (κ3) is 5.54. The van der Waals surface area contributed by atoms with Crippen molar-refractivity contribution in [2.45, 2.75) is 13.0 Å². The predicted molar refractivity (Wildman–Crippen MR) is 89.3 cm³/mol. The Balaban J connectivity index is 1.74. The van der Waals surface area contributed by atoms with E-state index in [2.05, 4.69) is 15.6 Å². The van der Waals surface area contributed by atoms with E-state index in [4.69, 9.17) is 23.2 Å². The molecule has 120 valence electrons. The number of amides is 2. The Labute approximate surface area is 144 Å². The van der Waals surface area contributed by atoms with E-state index in [9.17, 15) is 9.59 Å². The van der Waals surface area contributed by atoms with Crippen molar-refractivity contribution in [1.82, 2.24) is 15.6 Å². The molecule has 0 aliphatic rings. The van der Waals surface area contributed by atoms with Gasteiger partial charge in [0, 0.05) is 35.5 Å². The van der Waals surface area contributed by atoms with Gasteiger partial charge >= 0.3 is 11.8 Å². The zero-order chi connectivity index (χ0) is 16.7. The zero-order valence-electron chi connectivity index (χ0n) is 12.2. The van der Waals surface area contributed by atoms with Crippen molar-refractivity contribution in [3.63, 3.8) is 0 Å². The summed E-state index contributed by atoms with van der Waals surface area (Å²) in [6.07, 6.45) is 3.78. The van der Waals surface area contributed by atoms with E-state index in [1.54, 1.807) is 36.7 Å². The highest BCUT2D eigenvalue weighted by molar-refractivity contribution is 6.35. The number of halogens is 2. The first-order chi connectivity index (χ1) is 11.1. The van der Waals surface area contributed by atoms with Crippen LogP contribution < -0.4 is 10.6 Å². The summed E-state index contributed by atoms with van der Waals surface area (Å²) in [5.74, 6) is -1.37. The van der Waals surface area contributed by atoms with Crippen LogP contribution in [0.25, 0.3) is 0 Å². The Morgan fingerprint density at radius 1 is 1.09 bits per heavy atom. The first-order valence-electron chi connectivity index (χ1n) is 6.95. The SMILES string of the molecule is O=C(NCCc1ccc(Cl)cc1Cl)C(=O)NCc1cccnc1. The van der Waals surface area contributed by atoms with Crippen molar-refractivity contribution < 1.29 is 9.59 Å². The number of pyridine rings is 1. The lowest BCUT2D eigenvalue weighted by Crippen LogP contribution is -2.40. The van der Waals surface area contributed by atoms with E-state index in [1.807, 2.05) is 6.07 Å². The molecule has 0 saturated carbocycles. The molecule has 5 nitrogen and oxygen atoms in total. The summed E-state index contributed by atoms with van der Waals surface area (Å²) >= 11 is 11.9. The van der Waals surface area contributed by atoms with Gasteiger partial charge in [0.2, 0.25) is 0 Å². The lowest BCUT2D eigenvalue weighted by Gasteiger charge is -2.08. The third-order valence-electron chi connectivity index (χ3n) is 3.08. The van der Waals surface area contributed by atoms with E-state index in [1.165, 1.54) is 0 Å². The van der Waals surface area contributed by atoms with Crippen LogP contribution in [0.1, 0.15) is 11.1 Å². The Kier molecular flexibility index (Phi) is 6.38. The second kappa shape index (κ2) is 8.50. The number of nitrogens with one attached hydrogen (secondary N) is 2. The molecule has 0 fully saturated rings. The van der Waals surface area contributed by atoms with E-state index >= 15 is 0 Å². The summed E-state index contributed by atoms with van der Waals surface area (Å²) in [5, 5.41) is 6.17. The van der Waals surface area contributed by atoms with Gasteiger partial charge in [-0.05, 0) is 35.7 Å². The molecule has 0 spiro atoms. The fraction of sp³-hybridized carbons (Fsp3) is 0.188. The Morgan fingerprint density at radius 2 is 1.87 bits per heavy atom. The maximum absolute atomic E-state index is 11.7. The van der Waals surface area contributed by atoms with Crippen LogP contribution in [-0.4, -0.2) is 23.3 Å². The molecule has 2 amide bonds. The molecule has 0 radical (unpaired) electrons. The molecule has 1 heterocycles. The normalized spacial score (nSPS) is 10.2. The second-order valence-corrected chi connectivity index (χ2v) is 5.63. The lowest BCUT2D eigenvalue weighted by atomic mass is 10.1. The van der Waals surface area contributed by atoms with Crippen molar-refractivity contribution in [2.75, 3.05) is 6.54 Å². The van der Waals surface area contributed by atoms with Crippen LogP contribution >= 0.6 is 23.2 Å². The Hall–Kier alpha value is -2.11. The fourth-order valence-electron chi connectivity index (χ4n) is 1.88. The van der Waals surface area contributed by atoms with Crippen LogP contribution in [0.2, 0.25) is 10.0 Å². The average molecular weight is 352 g/mol. The largest absolute Gasteiger partial charge is 0.348 e. The molecule has 0 saturated heterocycles. The van der Waals surface area contributed by atoms with Crippen molar-refractivity contribution in [1.29, 1.82) is 0 Å². The van der Waals surface area contributed by atoms with Crippen LogP contribution in [0.3, 0.4) is 0 Å². The van der Waals surface area contributed by atoms with Gasteiger partial charge < -0.3 is 10.6 Å². The molecule has 1 aromatic heterocycles. The maximum atomic E-state index is 11.7. The fourth-order valence-corrected chi connectivity index (χ4v) is 2.38. The van der Waals surface area contributed by atoms with Crippen LogP contribution in [-0.2, 0) is 22.6 Å². The smallest absolute Gasteiger partial charge is 0.309 e. The van der Waals surface area contributed by atoms with Crippen molar-refractivity contribution >= 4 is 35.0 Å². The van der Waals surface area contributed by atoms with Gasteiger partial charge in [0.05, 0.1) is 0 Å². The number of aromatic nitrogens is 1. The van der Waals surface area contributed by atoms with Gasteiger partial charge in [0.1, 0.15) is 0 Å². The molecule has 0 unspecified atom stereocenters. The molecule has 0 atom stereocenters. The molecule has 2 rings (SSSR count). The summed E-state index contributed by atoms with van der Waals surface area (Å²) in [6, 6.07) is 8.73. The molecule has 0 aliphatic carbocycles. The van der Waals surface area contributed by atoms with Crippen LogP contribution in [0, 0.1) is 0 Å². The minimum absolute atomic E-state index is 0.253. The number of hydrogen-bond acceptors (Lipinski definition) is 3. The van der Waals surface area contributed by atoms with E-state index in [-0.39, 0.29) is 6.54 Å². The monoisotopic (exact) mass is 351 g/mol. The number of carbonyl (C=O) groups excluding carboxylic acids is 2. The molecule has 23 heavy (non-hydrogen) atoms. The van der Waals surface area contributed by atoms with Crippen molar-refractivity contribution in [3.8, 4) is 0 Å². The minimum Gasteiger partial charge on any atom is -0.348 e. The molecule has 2 aromatic rings. The van der Waals surface area contributed by atoms with E-state index in [0.29, 0.717) is 23.0 Å². The van der Waals surface area contributed by atoms with Gasteiger partial charge in [-0.1, -0.05) is 35.3 Å². The first-order valence-corrected chi connectivity index (χ1v) is 7.70. The zero-order valence-corrected chi connectivity index (χ0v) is 13.7. The molecule has 7 heteroatoms. The first kappa shape index (κ1) is 17.2. The summed E-state index contributed by atoms with van der Waals surface area (Å²) in [4.78, 5) is 27.3. The second-order valence-electron chi connectivity index (χ2n) is 4.79. The van der Waals surface area contributed by atoms with Gasteiger partial charge in [0.25, 0.3) is 0 Å². The molecule has 2 N–H and O–H groups in total. The molecule has 0 bridgehead atoms. The summed E-state index contributed by atoms with van der Waals surface area (Å²) in [6.45, 7) is 0.559. The Bertz CT molecular complexity index is 693.